The van der Waals surface area contributed by atoms with Gasteiger partial charge in [-0.15, -0.1) is 11.3 Å². The van der Waals surface area contributed by atoms with E-state index in [4.69, 9.17) is 5.73 Å². The molecule has 0 bridgehead atoms. The fourth-order valence-electron chi connectivity index (χ4n) is 2.46. The first-order chi connectivity index (χ1) is 8.46. The molecule has 7 heteroatoms. The average Bonchev–Trinajstić information content (AvgIpc) is 2.75. The monoisotopic (exact) mass is 352 g/mol. The Morgan fingerprint density at radius 3 is 2.78 bits per heavy atom. The molecule has 18 heavy (non-hydrogen) atoms. The van der Waals surface area contributed by atoms with Gasteiger partial charge in [0.05, 0.1) is 3.79 Å². The van der Waals surface area contributed by atoms with Crippen LogP contribution in [-0.4, -0.2) is 31.4 Å². The molecule has 0 spiro atoms. The van der Waals surface area contributed by atoms with Crippen LogP contribution in [0, 0.1) is 0 Å². The molecule has 1 aromatic rings. The van der Waals surface area contributed by atoms with E-state index in [0.717, 1.165) is 23.0 Å². The maximum Gasteiger partial charge on any atom is 0.253 e. The SMILES string of the molecule is CC1CCCC(CN)N1S(=O)(=O)c1ccc(Br)s1. The first kappa shape index (κ1) is 14.5. The highest BCUT2D eigenvalue weighted by molar-refractivity contribution is 9.11. The highest BCUT2D eigenvalue weighted by Crippen LogP contribution is 2.33. The highest BCUT2D eigenvalue weighted by atomic mass is 79.9. The molecular formula is C11H17BrN2O2S2. The Balaban J connectivity index is 2.38. The second-order valence-corrected chi connectivity index (χ2v) is 9.10. The number of hydrogen-bond acceptors (Lipinski definition) is 4. The summed E-state index contributed by atoms with van der Waals surface area (Å²) in [5.74, 6) is 0. The summed E-state index contributed by atoms with van der Waals surface area (Å²) in [5, 5.41) is 0. The molecule has 1 aliphatic heterocycles. The van der Waals surface area contributed by atoms with Crippen LogP contribution in [0.3, 0.4) is 0 Å². The van der Waals surface area contributed by atoms with Crippen LogP contribution in [0.5, 0.6) is 0 Å². The summed E-state index contributed by atoms with van der Waals surface area (Å²) < 4.78 is 28.1. The van der Waals surface area contributed by atoms with Crippen molar-refractivity contribution in [1.29, 1.82) is 0 Å². The van der Waals surface area contributed by atoms with Crippen molar-refractivity contribution in [3.05, 3.63) is 15.9 Å². The van der Waals surface area contributed by atoms with Gasteiger partial charge in [0.1, 0.15) is 4.21 Å². The van der Waals surface area contributed by atoms with Gasteiger partial charge in [-0.05, 0) is 47.8 Å². The van der Waals surface area contributed by atoms with E-state index in [1.165, 1.54) is 11.3 Å². The molecule has 1 aromatic heterocycles. The van der Waals surface area contributed by atoms with Gasteiger partial charge in [0.25, 0.3) is 10.0 Å². The predicted molar refractivity (Wildman–Crippen MR) is 77.2 cm³/mol. The minimum Gasteiger partial charge on any atom is -0.329 e. The molecular weight excluding hydrogens is 336 g/mol. The lowest BCUT2D eigenvalue weighted by atomic mass is 10.00. The number of rotatable bonds is 3. The molecule has 0 radical (unpaired) electrons. The fraction of sp³-hybridized carbons (Fsp3) is 0.636. The quantitative estimate of drug-likeness (QED) is 0.908. The summed E-state index contributed by atoms with van der Waals surface area (Å²) >= 11 is 4.56. The van der Waals surface area contributed by atoms with Crippen LogP contribution in [0.2, 0.25) is 0 Å². The zero-order valence-corrected chi connectivity index (χ0v) is 13.4. The van der Waals surface area contributed by atoms with Crippen molar-refractivity contribution >= 4 is 37.3 Å². The Labute approximate surface area is 120 Å². The first-order valence-electron chi connectivity index (χ1n) is 5.95. The van der Waals surface area contributed by atoms with Crippen LogP contribution in [-0.2, 0) is 10.0 Å². The van der Waals surface area contributed by atoms with Crippen molar-refractivity contribution in [3.63, 3.8) is 0 Å². The lowest BCUT2D eigenvalue weighted by molar-refractivity contribution is 0.196. The molecule has 0 aliphatic carbocycles. The van der Waals surface area contributed by atoms with E-state index in [0.29, 0.717) is 10.8 Å². The minimum absolute atomic E-state index is 0.0261. The van der Waals surface area contributed by atoms with Gasteiger partial charge < -0.3 is 5.73 Å². The maximum absolute atomic E-state index is 12.6. The molecule has 2 unspecified atom stereocenters. The van der Waals surface area contributed by atoms with E-state index in [1.54, 1.807) is 16.4 Å². The van der Waals surface area contributed by atoms with E-state index in [1.807, 2.05) is 6.92 Å². The topological polar surface area (TPSA) is 63.4 Å². The summed E-state index contributed by atoms with van der Waals surface area (Å²) in [6.45, 7) is 2.35. The second kappa shape index (κ2) is 5.58. The lowest BCUT2D eigenvalue weighted by Gasteiger charge is -2.38. The van der Waals surface area contributed by atoms with Crippen molar-refractivity contribution in [1.82, 2.24) is 4.31 Å². The van der Waals surface area contributed by atoms with Gasteiger partial charge in [-0.25, -0.2) is 8.42 Å². The molecule has 0 saturated carbocycles. The van der Waals surface area contributed by atoms with Gasteiger partial charge in [-0.3, -0.25) is 0 Å². The Morgan fingerprint density at radius 1 is 1.50 bits per heavy atom. The summed E-state index contributed by atoms with van der Waals surface area (Å²) in [7, 11) is -3.41. The largest absolute Gasteiger partial charge is 0.329 e. The Kier molecular flexibility index (Phi) is 4.48. The van der Waals surface area contributed by atoms with Crippen molar-refractivity contribution in [3.8, 4) is 0 Å². The van der Waals surface area contributed by atoms with Crippen LogP contribution < -0.4 is 5.73 Å². The third-order valence-corrected chi connectivity index (χ3v) is 7.46. The Morgan fingerprint density at radius 2 is 2.22 bits per heavy atom. The molecule has 1 fully saturated rings. The van der Waals surface area contributed by atoms with Gasteiger partial charge in [0, 0.05) is 18.6 Å². The van der Waals surface area contributed by atoms with Gasteiger partial charge >= 0.3 is 0 Å². The molecule has 1 aliphatic rings. The van der Waals surface area contributed by atoms with E-state index in [2.05, 4.69) is 15.9 Å². The van der Waals surface area contributed by atoms with Crippen LogP contribution >= 0.6 is 27.3 Å². The number of nitrogens with two attached hydrogens (primary N) is 1. The van der Waals surface area contributed by atoms with E-state index in [-0.39, 0.29) is 12.1 Å². The van der Waals surface area contributed by atoms with E-state index in [9.17, 15) is 8.42 Å². The Bertz CT molecular complexity index is 515. The van der Waals surface area contributed by atoms with Gasteiger partial charge in [-0.2, -0.15) is 4.31 Å². The number of thiophene rings is 1. The first-order valence-corrected chi connectivity index (χ1v) is 9.00. The van der Waals surface area contributed by atoms with E-state index < -0.39 is 10.0 Å². The summed E-state index contributed by atoms with van der Waals surface area (Å²) in [4.78, 5) is 0. The van der Waals surface area contributed by atoms with Crippen molar-refractivity contribution in [2.75, 3.05) is 6.54 Å². The highest BCUT2D eigenvalue weighted by Gasteiger charge is 2.37. The standard InChI is InChI=1S/C11H17BrN2O2S2/c1-8-3-2-4-9(7-13)14(8)18(15,16)11-6-5-10(12)17-11/h5-6,8-9H,2-4,7,13H2,1H3. The second-order valence-electron chi connectivity index (χ2n) is 4.56. The molecule has 0 amide bonds. The molecule has 2 heterocycles. The van der Waals surface area contributed by atoms with Crippen LogP contribution in [0.15, 0.2) is 20.1 Å². The third kappa shape index (κ3) is 2.65. The van der Waals surface area contributed by atoms with Gasteiger partial charge in [0.15, 0.2) is 0 Å². The summed E-state index contributed by atoms with van der Waals surface area (Å²) in [5.41, 5.74) is 5.72. The zero-order valence-electron chi connectivity index (χ0n) is 10.2. The molecule has 4 nitrogen and oxygen atoms in total. The van der Waals surface area contributed by atoms with Gasteiger partial charge in [-0.1, -0.05) is 6.42 Å². The summed E-state index contributed by atoms with van der Waals surface area (Å²) in [6.07, 6.45) is 2.80. The van der Waals surface area contributed by atoms with Crippen LogP contribution in [0.4, 0.5) is 0 Å². The Hall–Kier alpha value is 0.0500. The normalized spacial score (nSPS) is 26.4. The maximum atomic E-state index is 12.6. The average molecular weight is 353 g/mol. The minimum atomic E-state index is -3.41. The molecule has 2 atom stereocenters. The van der Waals surface area contributed by atoms with Crippen molar-refractivity contribution < 1.29 is 8.42 Å². The van der Waals surface area contributed by atoms with Crippen LogP contribution in [0.1, 0.15) is 26.2 Å². The zero-order chi connectivity index (χ0) is 13.3. The smallest absolute Gasteiger partial charge is 0.253 e. The van der Waals surface area contributed by atoms with Gasteiger partial charge in [0.2, 0.25) is 0 Å². The van der Waals surface area contributed by atoms with Crippen molar-refractivity contribution in [2.45, 2.75) is 42.5 Å². The summed E-state index contributed by atoms with van der Waals surface area (Å²) in [6, 6.07) is 3.38. The molecule has 2 rings (SSSR count). The molecule has 2 N–H and O–H groups in total. The van der Waals surface area contributed by atoms with Crippen molar-refractivity contribution in [2.24, 2.45) is 5.73 Å². The third-order valence-electron chi connectivity index (χ3n) is 3.31. The number of piperidine rings is 1. The molecule has 102 valence electrons. The molecule has 0 aromatic carbocycles. The lowest BCUT2D eigenvalue weighted by Crippen LogP contribution is -2.51. The van der Waals surface area contributed by atoms with E-state index >= 15 is 0 Å². The number of sulfonamides is 1. The number of nitrogens with zero attached hydrogens (tertiary/aromatic N) is 1. The van der Waals surface area contributed by atoms with Crippen LogP contribution in [0.25, 0.3) is 0 Å². The number of hydrogen-bond donors (Lipinski definition) is 1. The fourth-order valence-corrected chi connectivity index (χ4v) is 6.46. The number of halogens is 1. The predicted octanol–water partition coefficient (Wildman–Crippen LogP) is 2.40. The molecule has 1 saturated heterocycles.